The fourth-order valence-corrected chi connectivity index (χ4v) is 8.02. The maximum atomic E-state index is 13.9. The molecule has 1 aliphatic heterocycles. The number of amides is 4. The Bertz CT molecular complexity index is 1740. The SMILES string of the molecule is NC(=O)C[C@@H]1NC(=O)C2(CCCCC2)NC(=O)C[C@@H](c2ccc(CP(=O)(O)O)cc2)/C=C/C[C@@H](CC2=c3ccccc3=CCC2)CNC1=O. The van der Waals surface area contributed by atoms with Crippen molar-refractivity contribution in [1.82, 2.24) is 16.0 Å². The molecular weight excluding hydrogens is 643 g/mol. The number of hydrogen-bond donors (Lipinski definition) is 6. The minimum absolute atomic E-state index is 0.0267. The van der Waals surface area contributed by atoms with E-state index in [0.29, 0.717) is 50.6 Å². The van der Waals surface area contributed by atoms with Crippen molar-refractivity contribution in [3.63, 3.8) is 0 Å². The number of primary amides is 1. The first-order chi connectivity index (χ1) is 23.4. The molecule has 12 heteroatoms. The van der Waals surface area contributed by atoms with Crippen LogP contribution in [0.2, 0.25) is 0 Å². The van der Waals surface area contributed by atoms with Gasteiger partial charge in [-0.2, -0.15) is 0 Å². The molecule has 2 aromatic rings. The van der Waals surface area contributed by atoms with Gasteiger partial charge in [0.05, 0.1) is 12.6 Å². The smallest absolute Gasteiger partial charge is 0.329 e. The van der Waals surface area contributed by atoms with E-state index in [1.807, 2.05) is 24.3 Å². The van der Waals surface area contributed by atoms with Crippen LogP contribution in [-0.2, 0) is 29.9 Å². The monoisotopic (exact) mass is 690 g/mol. The van der Waals surface area contributed by atoms with E-state index >= 15 is 0 Å². The number of nitrogens with one attached hydrogen (secondary N) is 3. The summed E-state index contributed by atoms with van der Waals surface area (Å²) in [6.45, 7) is 0.299. The average molecular weight is 691 g/mol. The first-order valence-electron chi connectivity index (χ1n) is 17.2. The van der Waals surface area contributed by atoms with Crippen LogP contribution in [0, 0.1) is 5.92 Å². The van der Waals surface area contributed by atoms with Gasteiger partial charge in [0.1, 0.15) is 11.6 Å². The Hall–Kier alpha value is -4.05. The van der Waals surface area contributed by atoms with E-state index in [-0.39, 0.29) is 36.7 Å². The quantitative estimate of drug-likeness (QED) is 0.190. The molecule has 49 heavy (non-hydrogen) atoms. The normalized spacial score (nSPS) is 24.2. The highest BCUT2D eigenvalue weighted by atomic mass is 31.2. The Morgan fingerprint density at radius 1 is 1.00 bits per heavy atom. The highest BCUT2D eigenvalue weighted by molar-refractivity contribution is 7.50. The van der Waals surface area contributed by atoms with E-state index in [1.165, 1.54) is 16.0 Å². The van der Waals surface area contributed by atoms with E-state index in [2.05, 4.69) is 34.2 Å². The van der Waals surface area contributed by atoms with Gasteiger partial charge in [-0.3, -0.25) is 23.7 Å². The van der Waals surface area contributed by atoms with Gasteiger partial charge in [0, 0.05) is 18.9 Å². The molecule has 0 saturated heterocycles. The number of hydrogen-bond acceptors (Lipinski definition) is 5. The zero-order valence-corrected chi connectivity index (χ0v) is 28.6. The molecule has 0 radical (unpaired) electrons. The van der Waals surface area contributed by atoms with Gasteiger partial charge in [-0.15, -0.1) is 0 Å². The molecule has 2 aromatic carbocycles. The zero-order chi connectivity index (χ0) is 35.0. The molecule has 1 spiro atoms. The first-order valence-corrected chi connectivity index (χ1v) is 19.0. The third kappa shape index (κ3) is 10.00. The van der Waals surface area contributed by atoms with Crippen LogP contribution in [0.25, 0.3) is 11.6 Å². The second-order valence-electron chi connectivity index (χ2n) is 13.7. The molecule has 5 rings (SSSR count). The summed E-state index contributed by atoms with van der Waals surface area (Å²) < 4.78 is 11.6. The van der Waals surface area contributed by atoms with E-state index in [0.717, 1.165) is 24.8 Å². The summed E-state index contributed by atoms with van der Waals surface area (Å²) in [4.78, 5) is 72.1. The molecular formula is C37H47N4O7P. The predicted octanol–water partition coefficient (Wildman–Crippen LogP) is 2.52. The summed E-state index contributed by atoms with van der Waals surface area (Å²) in [5.41, 5.74) is 6.86. The van der Waals surface area contributed by atoms with Crippen molar-refractivity contribution in [1.29, 1.82) is 0 Å². The van der Waals surface area contributed by atoms with Crippen molar-refractivity contribution in [3.8, 4) is 0 Å². The minimum atomic E-state index is -4.25. The molecule has 262 valence electrons. The van der Waals surface area contributed by atoms with Crippen LogP contribution >= 0.6 is 7.60 Å². The maximum Gasteiger partial charge on any atom is 0.329 e. The second kappa shape index (κ2) is 16.1. The first kappa shape index (κ1) is 36.2. The maximum absolute atomic E-state index is 13.9. The van der Waals surface area contributed by atoms with Gasteiger partial charge in [-0.1, -0.05) is 91.6 Å². The molecule has 0 aromatic heterocycles. The third-order valence-electron chi connectivity index (χ3n) is 9.84. The van der Waals surface area contributed by atoms with Crippen molar-refractivity contribution >= 4 is 42.9 Å². The topological polar surface area (TPSA) is 188 Å². The molecule has 3 atom stereocenters. The van der Waals surface area contributed by atoms with Crippen LogP contribution in [0.1, 0.15) is 87.7 Å². The van der Waals surface area contributed by atoms with Crippen molar-refractivity contribution in [2.75, 3.05) is 6.54 Å². The lowest BCUT2D eigenvalue weighted by atomic mass is 9.80. The molecule has 2 aliphatic carbocycles. The van der Waals surface area contributed by atoms with Crippen molar-refractivity contribution in [3.05, 3.63) is 82.2 Å². The van der Waals surface area contributed by atoms with Gasteiger partial charge < -0.3 is 31.5 Å². The zero-order valence-electron chi connectivity index (χ0n) is 27.7. The van der Waals surface area contributed by atoms with Crippen LogP contribution in [0.15, 0.2) is 60.7 Å². The number of benzene rings is 2. The standard InChI is InChI=1S/C37H47N4O7P/c38-33(42)22-32-35(44)39-23-26(20-30-12-7-10-28-9-2-3-13-31(28)30)8-6-11-29(27-16-14-25(15-17-27)24-49(46,47)48)21-34(43)41-37(36(45)40-32)18-4-1-5-19-37/h2-3,6,9-11,13-17,26,29,32H,1,4-5,7-8,12,18-24H2,(H2,38,42)(H,39,44)(H,40,45)(H,41,43)(H2,46,47,48)/b11-6+/t26-,29-,32-/m0/s1. The van der Waals surface area contributed by atoms with Crippen LogP contribution in [0.3, 0.4) is 0 Å². The Morgan fingerprint density at radius 3 is 2.45 bits per heavy atom. The fraction of sp³-hybridized carbons (Fsp3) is 0.459. The minimum Gasteiger partial charge on any atom is -0.370 e. The van der Waals surface area contributed by atoms with E-state index in [9.17, 15) is 33.5 Å². The van der Waals surface area contributed by atoms with Gasteiger partial charge in [0.25, 0.3) is 0 Å². The van der Waals surface area contributed by atoms with Crippen molar-refractivity contribution < 1.29 is 33.5 Å². The number of rotatable bonds is 7. The number of allylic oxidation sites excluding steroid dienone is 2. The summed E-state index contributed by atoms with van der Waals surface area (Å²) in [5, 5.41) is 11.2. The summed E-state index contributed by atoms with van der Waals surface area (Å²) in [6.07, 6.45) is 11.8. The molecule has 1 fully saturated rings. The molecule has 1 heterocycles. The van der Waals surface area contributed by atoms with Gasteiger partial charge in [0.2, 0.25) is 23.6 Å². The molecule has 3 aliphatic rings. The average Bonchev–Trinajstić information content (AvgIpc) is 3.06. The largest absolute Gasteiger partial charge is 0.370 e. The number of carbonyl (C=O) groups excluding carboxylic acids is 4. The van der Waals surface area contributed by atoms with Crippen LogP contribution in [0.4, 0.5) is 0 Å². The lowest BCUT2D eigenvalue weighted by Gasteiger charge is -2.38. The lowest BCUT2D eigenvalue weighted by Crippen LogP contribution is -2.63. The summed E-state index contributed by atoms with van der Waals surface area (Å²) in [5.74, 6) is -2.47. The summed E-state index contributed by atoms with van der Waals surface area (Å²) in [7, 11) is -4.25. The molecule has 4 amide bonds. The predicted molar refractivity (Wildman–Crippen MR) is 187 cm³/mol. The highest BCUT2D eigenvalue weighted by Crippen LogP contribution is 2.39. The van der Waals surface area contributed by atoms with E-state index < -0.39 is 36.9 Å². The molecule has 7 N–H and O–H groups in total. The van der Waals surface area contributed by atoms with Crippen LogP contribution < -0.4 is 32.1 Å². The molecule has 11 nitrogen and oxygen atoms in total. The highest BCUT2D eigenvalue weighted by Gasteiger charge is 2.42. The number of carbonyl (C=O) groups is 4. The molecule has 1 saturated carbocycles. The molecule has 0 unspecified atom stereocenters. The van der Waals surface area contributed by atoms with E-state index in [4.69, 9.17) is 5.73 Å². The Labute approximate surface area is 286 Å². The molecule has 0 bridgehead atoms. The van der Waals surface area contributed by atoms with Crippen LogP contribution in [-0.4, -0.2) is 51.5 Å². The van der Waals surface area contributed by atoms with Crippen molar-refractivity contribution in [2.45, 2.75) is 94.3 Å². The lowest BCUT2D eigenvalue weighted by molar-refractivity contribution is -0.138. The Kier molecular flexibility index (Phi) is 11.9. The van der Waals surface area contributed by atoms with Crippen molar-refractivity contribution in [2.24, 2.45) is 11.7 Å². The van der Waals surface area contributed by atoms with Gasteiger partial charge in [0.15, 0.2) is 0 Å². The van der Waals surface area contributed by atoms with Gasteiger partial charge in [-0.25, -0.2) is 0 Å². The number of fused-ring (bicyclic) bond motifs is 1. The van der Waals surface area contributed by atoms with Crippen LogP contribution in [0.5, 0.6) is 0 Å². The number of nitrogens with two attached hydrogens (primary N) is 1. The van der Waals surface area contributed by atoms with Gasteiger partial charge in [-0.05, 0) is 66.0 Å². The summed E-state index contributed by atoms with van der Waals surface area (Å²) >= 11 is 0. The Balaban J connectivity index is 1.49. The van der Waals surface area contributed by atoms with Gasteiger partial charge >= 0.3 is 7.60 Å². The second-order valence-corrected chi connectivity index (χ2v) is 15.3. The van der Waals surface area contributed by atoms with E-state index in [1.54, 1.807) is 24.3 Å². The summed E-state index contributed by atoms with van der Waals surface area (Å²) in [6, 6.07) is 14.0. The fourth-order valence-electron chi connectivity index (χ4n) is 7.33. The third-order valence-corrected chi connectivity index (χ3v) is 10.6. The Morgan fingerprint density at radius 2 is 1.73 bits per heavy atom.